The Balaban J connectivity index is 1.07. The smallest absolute Gasteiger partial charge is 0.277 e. The number of carbonyl (C=O) groups excluding carboxylic acids is 1. The van der Waals surface area contributed by atoms with E-state index in [1.54, 1.807) is 41.7 Å². The molecule has 2 aromatic carbocycles. The standard InChI is InChI=1S/C24H29N5O3S2/c30-24(28-14-16-29(17-15-28)34(31,32)20-6-2-1-3-7-20)19-27-12-10-26(11-13-27)18-23-25-21-8-4-5-9-22(21)33-23/h1-9H,10-19H2/p+2. The van der Waals surface area contributed by atoms with Crippen molar-refractivity contribution in [3.05, 3.63) is 59.6 Å². The van der Waals surface area contributed by atoms with Gasteiger partial charge < -0.3 is 14.7 Å². The van der Waals surface area contributed by atoms with E-state index < -0.39 is 10.0 Å². The van der Waals surface area contributed by atoms with Gasteiger partial charge in [0.2, 0.25) is 10.0 Å². The molecule has 0 bridgehead atoms. The lowest BCUT2D eigenvalue weighted by molar-refractivity contribution is -1.02. The number of amides is 1. The first-order valence-electron chi connectivity index (χ1n) is 11.8. The first-order chi connectivity index (χ1) is 16.5. The van der Waals surface area contributed by atoms with Gasteiger partial charge in [-0.05, 0) is 24.3 Å². The van der Waals surface area contributed by atoms with Crippen molar-refractivity contribution in [3.8, 4) is 0 Å². The normalized spacial score (nSPS) is 22.2. The predicted molar refractivity (Wildman–Crippen MR) is 131 cm³/mol. The number of thiazole rings is 1. The van der Waals surface area contributed by atoms with Crippen molar-refractivity contribution >= 4 is 37.5 Å². The highest BCUT2D eigenvalue weighted by atomic mass is 32.2. The van der Waals surface area contributed by atoms with E-state index in [1.807, 2.05) is 11.0 Å². The highest BCUT2D eigenvalue weighted by Crippen LogP contribution is 2.20. The Morgan fingerprint density at radius 2 is 1.53 bits per heavy atom. The Morgan fingerprint density at radius 1 is 0.882 bits per heavy atom. The fourth-order valence-corrected chi connectivity index (χ4v) is 7.25. The average molecular weight is 502 g/mol. The van der Waals surface area contributed by atoms with E-state index in [0.29, 0.717) is 37.6 Å². The van der Waals surface area contributed by atoms with Gasteiger partial charge in [0.15, 0.2) is 6.54 Å². The van der Waals surface area contributed by atoms with E-state index in [1.165, 1.54) is 23.8 Å². The van der Waals surface area contributed by atoms with Crippen LogP contribution in [0.15, 0.2) is 59.5 Å². The lowest BCUT2D eigenvalue weighted by atomic mass is 10.3. The largest absolute Gasteiger partial charge is 0.335 e. The molecule has 5 rings (SSSR count). The molecule has 0 aliphatic carbocycles. The van der Waals surface area contributed by atoms with Crippen molar-refractivity contribution < 1.29 is 23.0 Å². The monoisotopic (exact) mass is 501 g/mol. The summed E-state index contributed by atoms with van der Waals surface area (Å²) in [6.45, 7) is 7.02. The molecule has 34 heavy (non-hydrogen) atoms. The Labute approximate surface area is 204 Å². The third kappa shape index (κ3) is 5.16. The average Bonchev–Trinajstić information content (AvgIpc) is 3.28. The number of hydrogen-bond donors (Lipinski definition) is 2. The van der Waals surface area contributed by atoms with Crippen LogP contribution in [0, 0.1) is 0 Å². The van der Waals surface area contributed by atoms with Crippen molar-refractivity contribution in [2.24, 2.45) is 0 Å². The number of nitrogens with one attached hydrogen (secondary N) is 2. The number of nitrogens with zero attached hydrogens (tertiary/aromatic N) is 3. The van der Waals surface area contributed by atoms with Crippen LogP contribution in [0.2, 0.25) is 0 Å². The van der Waals surface area contributed by atoms with Crippen LogP contribution in [-0.2, 0) is 21.4 Å². The molecule has 2 aliphatic heterocycles. The summed E-state index contributed by atoms with van der Waals surface area (Å²) in [6, 6.07) is 16.8. The fraction of sp³-hybridized carbons (Fsp3) is 0.417. The number of aromatic nitrogens is 1. The van der Waals surface area contributed by atoms with Crippen LogP contribution >= 0.6 is 11.3 Å². The van der Waals surface area contributed by atoms with Crippen molar-refractivity contribution in [2.75, 3.05) is 58.9 Å². The number of rotatable bonds is 6. The minimum atomic E-state index is -3.50. The van der Waals surface area contributed by atoms with Gasteiger partial charge in [-0.1, -0.05) is 30.3 Å². The summed E-state index contributed by atoms with van der Waals surface area (Å²) in [4.78, 5) is 22.6. The predicted octanol–water partition coefficient (Wildman–Crippen LogP) is -0.887. The molecule has 0 unspecified atom stereocenters. The van der Waals surface area contributed by atoms with Crippen LogP contribution in [0.5, 0.6) is 0 Å². The second-order valence-corrected chi connectivity index (χ2v) is 12.1. The van der Waals surface area contributed by atoms with Crippen LogP contribution in [0.25, 0.3) is 10.2 Å². The molecule has 0 saturated carbocycles. The van der Waals surface area contributed by atoms with Crippen LogP contribution in [0.4, 0.5) is 0 Å². The summed E-state index contributed by atoms with van der Waals surface area (Å²) >= 11 is 1.78. The molecule has 3 aromatic rings. The Kier molecular flexibility index (Phi) is 6.94. The lowest BCUT2D eigenvalue weighted by Gasteiger charge is -2.35. The molecule has 2 fully saturated rings. The molecule has 0 spiro atoms. The summed E-state index contributed by atoms with van der Waals surface area (Å²) in [5.41, 5.74) is 1.08. The van der Waals surface area contributed by atoms with E-state index in [0.717, 1.165) is 38.2 Å². The van der Waals surface area contributed by atoms with Crippen LogP contribution in [-0.4, -0.2) is 87.4 Å². The molecule has 2 aliphatic rings. The van der Waals surface area contributed by atoms with Gasteiger partial charge in [-0.15, -0.1) is 11.3 Å². The molecule has 1 amide bonds. The Morgan fingerprint density at radius 3 is 2.24 bits per heavy atom. The lowest BCUT2D eigenvalue weighted by Crippen LogP contribution is -3.28. The van der Waals surface area contributed by atoms with E-state index in [9.17, 15) is 13.2 Å². The molecular weight excluding hydrogens is 470 g/mol. The van der Waals surface area contributed by atoms with E-state index in [4.69, 9.17) is 4.98 Å². The number of hydrogen-bond acceptors (Lipinski definition) is 5. The van der Waals surface area contributed by atoms with Gasteiger partial charge in [0.25, 0.3) is 5.91 Å². The minimum Gasteiger partial charge on any atom is -0.335 e. The van der Waals surface area contributed by atoms with Crippen molar-refractivity contribution in [3.63, 3.8) is 0 Å². The topological polar surface area (TPSA) is 79.5 Å². The molecule has 3 heterocycles. The summed E-state index contributed by atoms with van der Waals surface area (Å²) in [5, 5.41) is 1.18. The molecule has 8 nitrogen and oxygen atoms in total. The highest BCUT2D eigenvalue weighted by Gasteiger charge is 2.32. The van der Waals surface area contributed by atoms with Crippen LogP contribution < -0.4 is 9.80 Å². The molecule has 2 N–H and O–H groups in total. The number of carbonyl (C=O) groups is 1. The number of para-hydroxylation sites is 1. The molecule has 10 heteroatoms. The quantitative estimate of drug-likeness (QED) is 0.460. The number of quaternary nitrogens is 2. The molecular formula is C24H31N5O3S2+2. The maximum Gasteiger partial charge on any atom is 0.277 e. The van der Waals surface area contributed by atoms with Crippen LogP contribution in [0.1, 0.15) is 5.01 Å². The summed E-state index contributed by atoms with van der Waals surface area (Å²) in [6.07, 6.45) is 0. The fourth-order valence-electron chi connectivity index (χ4n) is 4.77. The maximum atomic E-state index is 12.9. The number of benzene rings is 2. The molecule has 180 valence electrons. The zero-order valence-electron chi connectivity index (χ0n) is 19.2. The van der Waals surface area contributed by atoms with E-state index in [2.05, 4.69) is 18.2 Å². The van der Waals surface area contributed by atoms with Gasteiger partial charge in [-0.25, -0.2) is 13.4 Å². The zero-order valence-corrected chi connectivity index (χ0v) is 20.8. The SMILES string of the molecule is O=C(C[NH+]1CC[NH+](Cc2nc3ccccc3s2)CC1)N1CCN(S(=O)(=O)c2ccccc2)CC1. The van der Waals surface area contributed by atoms with Crippen LogP contribution in [0.3, 0.4) is 0 Å². The maximum absolute atomic E-state index is 12.9. The zero-order chi connectivity index (χ0) is 23.5. The van der Waals surface area contributed by atoms with Gasteiger partial charge in [0, 0.05) is 26.2 Å². The first-order valence-corrected chi connectivity index (χ1v) is 14.1. The summed E-state index contributed by atoms with van der Waals surface area (Å²) in [5.74, 6) is 0.126. The third-order valence-electron chi connectivity index (χ3n) is 6.78. The minimum absolute atomic E-state index is 0.126. The second-order valence-electron chi connectivity index (χ2n) is 9.03. The van der Waals surface area contributed by atoms with Crippen molar-refractivity contribution in [1.82, 2.24) is 14.2 Å². The van der Waals surface area contributed by atoms with Gasteiger partial charge in [-0.3, -0.25) is 4.79 Å². The highest BCUT2D eigenvalue weighted by molar-refractivity contribution is 7.89. The molecule has 1 aromatic heterocycles. The number of sulfonamides is 1. The van der Waals surface area contributed by atoms with E-state index in [-0.39, 0.29) is 5.91 Å². The Hall–Kier alpha value is -2.37. The van der Waals surface area contributed by atoms with Gasteiger partial charge in [-0.2, -0.15) is 4.31 Å². The van der Waals surface area contributed by atoms with Gasteiger partial charge in [0.05, 0.1) is 15.1 Å². The summed E-state index contributed by atoms with van der Waals surface area (Å²) < 4.78 is 28.3. The summed E-state index contributed by atoms with van der Waals surface area (Å²) in [7, 11) is -3.50. The number of piperazine rings is 2. The molecule has 2 saturated heterocycles. The van der Waals surface area contributed by atoms with Gasteiger partial charge in [0.1, 0.15) is 37.7 Å². The molecule has 0 atom stereocenters. The van der Waals surface area contributed by atoms with Gasteiger partial charge >= 0.3 is 0 Å². The van der Waals surface area contributed by atoms with E-state index >= 15 is 0 Å². The third-order valence-corrected chi connectivity index (χ3v) is 9.73. The first kappa shape index (κ1) is 23.4. The second kappa shape index (κ2) is 10.1. The Bertz CT molecular complexity index is 1200. The van der Waals surface area contributed by atoms with Crippen molar-refractivity contribution in [1.29, 1.82) is 0 Å². The number of fused-ring (bicyclic) bond motifs is 1. The van der Waals surface area contributed by atoms with Crippen molar-refractivity contribution in [2.45, 2.75) is 11.4 Å². The molecule has 0 radical (unpaired) electrons.